The lowest BCUT2D eigenvalue weighted by molar-refractivity contribution is -0.133. The molecule has 1 aliphatic heterocycles. The van der Waals surface area contributed by atoms with Crippen molar-refractivity contribution in [1.29, 1.82) is 0 Å². The van der Waals surface area contributed by atoms with Crippen molar-refractivity contribution in [2.24, 2.45) is 0 Å². The summed E-state index contributed by atoms with van der Waals surface area (Å²) < 4.78 is 0. The van der Waals surface area contributed by atoms with E-state index in [2.05, 4.69) is 4.90 Å². The molecule has 2 aromatic carbocycles. The van der Waals surface area contributed by atoms with E-state index in [4.69, 9.17) is 0 Å². The number of amides is 1. The molecule has 1 heterocycles. The lowest BCUT2D eigenvalue weighted by atomic mass is 10.2. The number of phenolic OH excluding ortho intramolecular Hbond substituents is 2. The Balaban J connectivity index is 1.53. The highest BCUT2D eigenvalue weighted by molar-refractivity contribution is 7.99. The minimum Gasteiger partial charge on any atom is -0.508 e. The van der Waals surface area contributed by atoms with Gasteiger partial charge in [0.2, 0.25) is 5.91 Å². The largest absolute Gasteiger partial charge is 0.508 e. The molecule has 6 nitrogen and oxygen atoms in total. The zero-order valence-electron chi connectivity index (χ0n) is 17.5. The van der Waals surface area contributed by atoms with Crippen molar-refractivity contribution in [2.75, 3.05) is 44.3 Å². The van der Waals surface area contributed by atoms with Gasteiger partial charge in [0.1, 0.15) is 11.5 Å². The van der Waals surface area contributed by atoms with Crippen molar-refractivity contribution >= 4 is 29.4 Å². The minimum absolute atomic E-state index is 0.0269. The van der Waals surface area contributed by atoms with Crippen LogP contribution in [-0.2, 0) is 4.79 Å². The maximum Gasteiger partial charge on any atom is 0.237 e. The van der Waals surface area contributed by atoms with Crippen LogP contribution in [0.5, 0.6) is 11.5 Å². The normalized spacial score (nSPS) is 16.2. The molecule has 0 aliphatic carbocycles. The topological polar surface area (TPSA) is 84.2 Å². The minimum atomic E-state index is -0.0490. The van der Waals surface area contributed by atoms with Crippen molar-refractivity contribution in [3.63, 3.8) is 0 Å². The second-order valence-electron chi connectivity index (χ2n) is 7.53. The van der Waals surface area contributed by atoms with Crippen LogP contribution < -0.4 is 0 Å². The molecule has 0 unspecified atom stereocenters. The van der Waals surface area contributed by atoms with E-state index in [9.17, 15) is 20.1 Å². The maximum absolute atomic E-state index is 12.9. The zero-order valence-corrected chi connectivity index (χ0v) is 19.2. The van der Waals surface area contributed by atoms with Crippen LogP contribution in [0.1, 0.15) is 12.8 Å². The zero-order chi connectivity index (χ0) is 22.1. The van der Waals surface area contributed by atoms with E-state index in [0.29, 0.717) is 6.54 Å². The summed E-state index contributed by atoms with van der Waals surface area (Å²) in [7, 11) is 0. The Hall–Kier alpha value is -1.87. The maximum atomic E-state index is 12.9. The number of aliphatic hydroxyl groups excluding tert-OH is 1. The molecule has 0 bridgehead atoms. The first-order valence-corrected chi connectivity index (χ1v) is 12.5. The molecular formula is C23H30N2O4S2. The van der Waals surface area contributed by atoms with E-state index < -0.39 is 0 Å². The lowest BCUT2D eigenvalue weighted by Gasteiger charge is -2.28. The van der Waals surface area contributed by atoms with Crippen LogP contribution in [0.15, 0.2) is 58.3 Å². The molecule has 3 rings (SSSR count). The fourth-order valence-corrected chi connectivity index (χ4v) is 5.40. The molecule has 2 aromatic rings. The third-order valence-electron chi connectivity index (χ3n) is 5.29. The Kier molecular flexibility index (Phi) is 9.39. The Morgan fingerprint density at radius 3 is 1.94 bits per heavy atom. The molecule has 1 saturated heterocycles. The van der Waals surface area contributed by atoms with Crippen LogP contribution in [0.3, 0.4) is 0 Å². The van der Waals surface area contributed by atoms with Crippen molar-refractivity contribution in [3.8, 4) is 11.5 Å². The number of aliphatic hydroxyl groups is 1. The molecule has 0 radical (unpaired) electrons. The van der Waals surface area contributed by atoms with E-state index in [1.165, 1.54) is 0 Å². The summed E-state index contributed by atoms with van der Waals surface area (Å²) in [5.41, 5.74) is 0. The number of hydrogen-bond acceptors (Lipinski definition) is 7. The number of rotatable bonds is 11. The number of aromatic hydroxyl groups is 2. The average molecular weight is 463 g/mol. The number of benzene rings is 2. The molecule has 1 aliphatic rings. The van der Waals surface area contributed by atoms with Gasteiger partial charge < -0.3 is 20.2 Å². The number of hydrogen-bond donors (Lipinski definition) is 3. The number of nitrogens with zero attached hydrogens (tertiary/aromatic N) is 2. The first kappa shape index (κ1) is 23.8. The fourth-order valence-electron chi connectivity index (χ4n) is 3.58. The summed E-state index contributed by atoms with van der Waals surface area (Å²) in [5.74, 6) is 2.27. The predicted molar refractivity (Wildman–Crippen MR) is 126 cm³/mol. The molecule has 8 heteroatoms. The van der Waals surface area contributed by atoms with Gasteiger partial charge in [-0.25, -0.2) is 0 Å². The van der Waals surface area contributed by atoms with Gasteiger partial charge in [0.05, 0.1) is 19.2 Å². The van der Waals surface area contributed by atoms with Gasteiger partial charge in [-0.3, -0.25) is 9.69 Å². The summed E-state index contributed by atoms with van der Waals surface area (Å²) in [4.78, 5) is 19.0. The average Bonchev–Trinajstić information content (AvgIpc) is 3.25. The van der Waals surface area contributed by atoms with Crippen LogP contribution in [0.25, 0.3) is 0 Å². The number of likely N-dealkylation sites (tertiary alicyclic amines) is 1. The predicted octanol–water partition coefficient (Wildman–Crippen LogP) is 3.27. The van der Waals surface area contributed by atoms with Crippen LogP contribution in [-0.4, -0.2) is 81.4 Å². The summed E-state index contributed by atoms with van der Waals surface area (Å²) in [6, 6.07) is 14.3. The van der Waals surface area contributed by atoms with Gasteiger partial charge in [0, 0.05) is 40.9 Å². The molecule has 31 heavy (non-hydrogen) atoms. The molecule has 168 valence electrons. The number of carbonyl (C=O) groups excluding carboxylic acids is 1. The SMILES string of the molecule is O=C(CN(CCSc1ccc(O)cc1)CCSc1ccc(O)cc1)N1CCC[C@H]1CO. The smallest absolute Gasteiger partial charge is 0.237 e. The molecule has 0 saturated carbocycles. The summed E-state index contributed by atoms with van der Waals surface area (Å²) >= 11 is 3.40. The van der Waals surface area contributed by atoms with Crippen molar-refractivity contribution in [3.05, 3.63) is 48.5 Å². The first-order valence-electron chi connectivity index (χ1n) is 10.5. The molecule has 3 N–H and O–H groups in total. The molecule has 1 fully saturated rings. The van der Waals surface area contributed by atoms with Gasteiger partial charge in [-0.05, 0) is 61.4 Å². The highest BCUT2D eigenvalue weighted by atomic mass is 32.2. The number of carbonyl (C=O) groups is 1. The van der Waals surface area contributed by atoms with Gasteiger partial charge in [0.25, 0.3) is 0 Å². The standard InChI is InChI=1S/C23H30N2O4S2/c26-17-18-2-1-11-25(18)23(29)16-24(12-14-30-21-7-3-19(27)4-8-21)13-15-31-22-9-5-20(28)6-10-22/h3-10,18,26-28H,1-2,11-17H2/t18-/m0/s1. The molecular weight excluding hydrogens is 432 g/mol. The number of phenols is 2. The first-order chi connectivity index (χ1) is 15.0. The second kappa shape index (κ2) is 12.2. The van der Waals surface area contributed by atoms with E-state index in [1.54, 1.807) is 47.8 Å². The Labute approximate surface area is 192 Å². The van der Waals surface area contributed by atoms with E-state index in [-0.39, 0.29) is 30.1 Å². The van der Waals surface area contributed by atoms with Gasteiger partial charge >= 0.3 is 0 Å². The monoisotopic (exact) mass is 462 g/mol. The van der Waals surface area contributed by atoms with Gasteiger partial charge in [-0.1, -0.05) is 0 Å². The van der Waals surface area contributed by atoms with Crippen LogP contribution in [0, 0.1) is 0 Å². The Morgan fingerprint density at radius 2 is 1.45 bits per heavy atom. The van der Waals surface area contributed by atoms with Crippen LogP contribution >= 0.6 is 23.5 Å². The Morgan fingerprint density at radius 1 is 0.935 bits per heavy atom. The summed E-state index contributed by atoms with van der Waals surface area (Å²) in [6.45, 7) is 2.64. The van der Waals surface area contributed by atoms with E-state index in [0.717, 1.165) is 53.8 Å². The lowest BCUT2D eigenvalue weighted by Crippen LogP contribution is -2.45. The molecule has 0 aromatic heterocycles. The summed E-state index contributed by atoms with van der Waals surface area (Å²) in [6.07, 6.45) is 1.82. The highest BCUT2D eigenvalue weighted by Crippen LogP contribution is 2.23. The van der Waals surface area contributed by atoms with Gasteiger partial charge in [-0.2, -0.15) is 0 Å². The quantitative estimate of drug-likeness (QED) is 0.442. The van der Waals surface area contributed by atoms with Crippen molar-refractivity contribution in [2.45, 2.75) is 28.7 Å². The summed E-state index contributed by atoms with van der Waals surface area (Å²) in [5, 5.41) is 28.4. The van der Waals surface area contributed by atoms with Crippen molar-refractivity contribution in [1.82, 2.24) is 9.80 Å². The Bertz CT molecular complexity index is 766. The highest BCUT2D eigenvalue weighted by Gasteiger charge is 2.28. The van der Waals surface area contributed by atoms with Crippen molar-refractivity contribution < 1.29 is 20.1 Å². The van der Waals surface area contributed by atoms with E-state index >= 15 is 0 Å². The van der Waals surface area contributed by atoms with Gasteiger partial charge in [0.15, 0.2) is 0 Å². The van der Waals surface area contributed by atoms with Crippen LogP contribution in [0.2, 0.25) is 0 Å². The molecule has 0 spiro atoms. The van der Waals surface area contributed by atoms with Gasteiger partial charge in [-0.15, -0.1) is 23.5 Å². The van der Waals surface area contributed by atoms with E-state index in [1.807, 2.05) is 29.2 Å². The second-order valence-corrected chi connectivity index (χ2v) is 9.86. The molecule has 1 atom stereocenters. The third-order valence-corrected chi connectivity index (χ3v) is 7.28. The van der Waals surface area contributed by atoms with Crippen LogP contribution in [0.4, 0.5) is 0 Å². The third kappa shape index (κ3) is 7.64. The fraction of sp³-hybridized carbons (Fsp3) is 0.435. The molecule has 1 amide bonds. The number of thioether (sulfide) groups is 2.